The highest BCUT2D eigenvalue weighted by Gasteiger charge is 2.20. The van der Waals surface area contributed by atoms with Crippen molar-refractivity contribution in [2.45, 2.75) is 58.8 Å². The maximum atomic E-state index is 2.44. The molecule has 0 saturated heterocycles. The molecule has 3 rings (SSSR count). The van der Waals surface area contributed by atoms with Crippen LogP contribution in [0.1, 0.15) is 60.3 Å². The largest absolute Gasteiger partial charge is 0.215 e. The van der Waals surface area contributed by atoms with Crippen LogP contribution in [0.5, 0.6) is 0 Å². The van der Waals surface area contributed by atoms with E-state index >= 15 is 0 Å². The standard InChI is InChI=1S/C21H28N/c1-15-12-13-22(4)21(17(15)3)20-11-10-19(14-16(20)2)18-8-6-5-7-9-18/h10-14,18H,5-9H2,1-4H3/q+1. The van der Waals surface area contributed by atoms with Crippen molar-refractivity contribution in [1.29, 1.82) is 0 Å². The van der Waals surface area contributed by atoms with Crippen molar-refractivity contribution in [3.63, 3.8) is 0 Å². The van der Waals surface area contributed by atoms with E-state index in [-0.39, 0.29) is 0 Å². The molecule has 0 unspecified atom stereocenters. The first-order valence-electron chi connectivity index (χ1n) is 8.64. The van der Waals surface area contributed by atoms with Crippen molar-refractivity contribution in [2.75, 3.05) is 0 Å². The zero-order chi connectivity index (χ0) is 15.7. The van der Waals surface area contributed by atoms with Gasteiger partial charge in [0.1, 0.15) is 7.05 Å². The predicted octanol–water partition coefficient (Wildman–Crippen LogP) is 5.15. The van der Waals surface area contributed by atoms with Crippen LogP contribution in [0.3, 0.4) is 0 Å². The van der Waals surface area contributed by atoms with Crippen LogP contribution in [-0.4, -0.2) is 0 Å². The lowest BCUT2D eigenvalue weighted by molar-refractivity contribution is -0.660. The molecule has 22 heavy (non-hydrogen) atoms. The van der Waals surface area contributed by atoms with Gasteiger partial charge in [0.05, 0.1) is 0 Å². The summed E-state index contributed by atoms with van der Waals surface area (Å²) in [6, 6.07) is 9.36. The van der Waals surface area contributed by atoms with E-state index in [2.05, 4.69) is 62.8 Å². The molecular formula is C21H28N+. The number of aryl methyl sites for hydroxylation is 3. The Hall–Kier alpha value is -1.63. The van der Waals surface area contributed by atoms with Crippen molar-refractivity contribution >= 4 is 0 Å². The highest BCUT2D eigenvalue weighted by Crippen LogP contribution is 2.35. The molecule has 1 aromatic carbocycles. The maximum absolute atomic E-state index is 2.44. The summed E-state index contributed by atoms with van der Waals surface area (Å²) in [5.74, 6) is 0.786. The second-order valence-electron chi connectivity index (χ2n) is 6.99. The quantitative estimate of drug-likeness (QED) is 0.674. The Morgan fingerprint density at radius 3 is 2.32 bits per heavy atom. The maximum Gasteiger partial charge on any atom is 0.215 e. The number of rotatable bonds is 2. The van der Waals surface area contributed by atoms with Crippen molar-refractivity contribution in [1.82, 2.24) is 0 Å². The Kier molecular flexibility index (Phi) is 4.33. The fraction of sp³-hybridized carbons (Fsp3) is 0.476. The SMILES string of the molecule is Cc1cc(C2CCCCC2)ccc1-c1c(C)c(C)cc[n+]1C. The molecule has 1 heteroatoms. The van der Waals surface area contributed by atoms with E-state index in [9.17, 15) is 0 Å². The van der Waals surface area contributed by atoms with Crippen LogP contribution in [0, 0.1) is 20.8 Å². The second kappa shape index (κ2) is 6.24. The van der Waals surface area contributed by atoms with Gasteiger partial charge in [-0.05, 0) is 62.3 Å². The lowest BCUT2D eigenvalue weighted by atomic mass is 9.83. The van der Waals surface area contributed by atoms with Gasteiger partial charge in [-0.1, -0.05) is 31.4 Å². The average molecular weight is 294 g/mol. The molecule has 0 spiro atoms. The molecule has 0 atom stereocenters. The third-order valence-electron chi connectivity index (χ3n) is 5.43. The van der Waals surface area contributed by atoms with E-state index in [4.69, 9.17) is 0 Å². The molecule has 0 aliphatic heterocycles. The number of hydrogen-bond donors (Lipinski definition) is 0. The Bertz CT molecular complexity index is 679. The molecule has 1 heterocycles. The summed E-state index contributed by atoms with van der Waals surface area (Å²) in [6.45, 7) is 6.70. The number of nitrogens with zero attached hydrogens (tertiary/aromatic N) is 1. The van der Waals surface area contributed by atoms with Gasteiger partial charge in [0, 0.05) is 17.2 Å². The van der Waals surface area contributed by atoms with Crippen molar-refractivity contribution < 1.29 is 4.57 Å². The minimum absolute atomic E-state index is 0.786. The van der Waals surface area contributed by atoms with E-state index in [0.717, 1.165) is 5.92 Å². The third-order valence-corrected chi connectivity index (χ3v) is 5.43. The van der Waals surface area contributed by atoms with Gasteiger partial charge in [-0.2, -0.15) is 0 Å². The second-order valence-corrected chi connectivity index (χ2v) is 6.99. The molecule has 0 radical (unpaired) electrons. The van der Waals surface area contributed by atoms with Crippen LogP contribution in [0.25, 0.3) is 11.3 Å². The first kappa shape index (κ1) is 15.3. The van der Waals surface area contributed by atoms with E-state index in [1.54, 1.807) is 5.56 Å². The van der Waals surface area contributed by atoms with Crippen LogP contribution < -0.4 is 4.57 Å². The number of benzene rings is 1. The first-order valence-corrected chi connectivity index (χ1v) is 8.64. The Labute approximate surface area is 135 Å². The van der Waals surface area contributed by atoms with Gasteiger partial charge in [-0.15, -0.1) is 0 Å². The van der Waals surface area contributed by atoms with Gasteiger partial charge in [-0.25, -0.2) is 4.57 Å². The molecule has 0 N–H and O–H groups in total. The van der Waals surface area contributed by atoms with Crippen LogP contribution in [0.4, 0.5) is 0 Å². The zero-order valence-corrected chi connectivity index (χ0v) is 14.4. The highest BCUT2D eigenvalue weighted by atomic mass is 14.9. The minimum Gasteiger partial charge on any atom is -0.201 e. The van der Waals surface area contributed by atoms with Gasteiger partial charge in [-0.3, -0.25) is 0 Å². The Morgan fingerprint density at radius 1 is 0.909 bits per heavy atom. The molecule has 2 aromatic rings. The number of aromatic nitrogens is 1. The fourth-order valence-corrected chi connectivity index (χ4v) is 3.91. The van der Waals surface area contributed by atoms with Gasteiger partial charge in [0.25, 0.3) is 0 Å². The predicted molar refractivity (Wildman–Crippen MR) is 93.1 cm³/mol. The monoisotopic (exact) mass is 294 g/mol. The van der Waals surface area contributed by atoms with Gasteiger partial charge < -0.3 is 0 Å². The van der Waals surface area contributed by atoms with Crippen LogP contribution >= 0.6 is 0 Å². The van der Waals surface area contributed by atoms with Crippen molar-refractivity contribution in [2.24, 2.45) is 7.05 Å². The van der Waals surface area contributed by atoms with E-state index in [1.165, 1.54) is 60.1 Å². The van der Waals surface area contributed by atoms with Crippen molar-refractivity contribution in [3.05, 3.63) is 52.7 Å². The summed E-state index contributed by atoms with van der Waals surface area (Å²) >= 11 is 0. The number of pyridine rings is 1. The molecule has 1 aromatic heterocycles. The molecule has 1 aliphatic rings. The van der Waals surface area contributed by atoms with Crippen LogP contribution in [0.2, 0.25) is 0 Å². The third kappa shape index (κ3) is 2.82. The lowest BCUT2D eigenvalue weighted by Gasteiger charge is -2.22. The van der Waals surface area contributed by atoms with Gasteiger partial charge in [0.2, 0.25) is 5.69 Å². The normalized spacial score (nSPS) is 16.0. The lowest BCUT2D eigenvalue weighted by Crippen LogP contribution is -2.32. The fourth-order valence-electron chi connectivity index (χ4n) is 3.91. The highest BCUT2D eigenvalue weighted by molar-refractivity contribution is 5.65. The molecule has 0 bridgehead atoms. The summed E-state index contributed by atoms with van der Waals surface area (Å²) in [5, 5.41) is 0. The summed E-state index contributed by atoms with van der Waals surface area (Å²) in [5.41, 5.74) is 8.44. The van der Waals surface area contributed by atoms with Gasteiger partial charge >= 0.3 is 0 Å². The van der Waals surface area contributed by atoms with Crippen LogP contribution in [-0.2, 0) is 7.05 Å². The van der Waals surface area contributed by atoms with Gasteiger partial charge in [0.15, 0.2) is 6.20 Å². The number of hydrogen-bond acceptors (Lipinski definition) is 0. The van der Waals surface area contributed by atoms with E-state index in [1.807, 2.05) is 0 Å². The van der Waals surface area contributed by atoms with E-state index in [0.29, 0.717) is 0 Å². The topological polar surface area (TPSA) is 3.88 Å². The summed E-state index contributed by atoms with van der Waals surface area (Å²) in [6.07, 6.45) is 9.14. The zero-order valence-electron chi connectivity index (χ0n) is 14.4. The summed E-state index contributed by atoms with van der Waals surface area (Å²) < 4.78 is 2.25. The summed E-state index contributed by atoms with van der Waals surface area (Å²) in [7, 11) is 2.15. The van der Waals surface area contributed by atoms with Crippen LogP contribution in [0.15, 0.2) is 30.5 Å². The Balaban J connectivity index is 2.01. The smallest absolute Gasteiger partial charge is 0.201 e. The molecule has 116 valence electrons. The molecule has 1 fully saturated rings. The molecule has 1 nitrogen and oxygen atoms in total. The molecule has 1 aliphatic carbocycles. The van der Waals surface area contributed by atoms with Crippen molar-refractivity contribution in [3.8, 4) is 11.3 Å². The average Bonchev–Trinajstić information content (AvgIpc) is 2.53. The molecular weight excluding hydrogens is 266 g/mol. The minimum atomic E-state index is 0.786. The Morgan fingerprint density at radius 2 is 1.64 bits per heavy atom. The summed E-state index contributed by atoms with van der Waals surface area (Å²) in [4.78, 5) is 0. The molecule has 0 amide bonds. The van der Waals surface area contributed by atoms with E-state index < -0.39 is 0 Å². The first-order chi connectivity index (χ1) is 10.6. The molecule has 1 saturated carbocycles.